The number of aliphatic carboxylic acids is 1. The number of carboxylic acid groups (broad SMARTS) is 1. The summed E-state index contributed by atoms with van der Waals surface area (Å²) in [5, 5.41) is 8.69. The van der Waals surface area contributed by atoms with Crippen molar-refractivity contribution in [3.05, 3.63) is 29.8 Å². The molecule has 0 saturated carbocycles. The van der Waals surface area contributed by atoms with Crippen molar-refractivity contribution >= 4 is 12.0 Å². The molecule has 1 rings (SSSR count). The van der Waals surface area contributed by atoms with E-state index in [9.17, 15) is 4.79 Å². The maximum atomic E-state index is 10.6. The average molecular weight is 278 g/mol. The Kier molecular flexibility index (Phi) is 7.25. The SMILES string of the molecule is CCCCCCOc1cc(OC)ccc1C=CC(=O)O. The maximum Gasteiger partial charge on any atom is 0.328 e. The standard InChI is InChI=1S/C16H22O4/c1-3-4-5-6-11-20-15-12-14(19-2)9-7-13(15)8-10-16(17)18/h7-10,12H,3-6,11H2,1-2H3,(H,17,18). The minimum Gasteiger partial charge on any atom is -0.497 e. The minimum absolute atomic E-state index is 0.626. The zero-order valence-corrected chi connectivity index (χ0v) is 12.1. The first-order chi connectivity index (χ1) is 9.67. The molecule has 110 valence electrons. The Balaban J connectivity index is 2.70. The lowest BCUT2D eigenvalue weighted by molar-refractivity contribution is -0.131. The summed E-state index contributed by atoms with van der Waals surface area (Å²) in [7, 11) is 1.59. The topological polar surface area (TPSA) is 55.8 Å². The van der Waals surface area contributed by atoms with Crippen LogP contribution in [0.2, 0.25) is 0 Å². The molecule has 1 aromatic carbocycles. The monoisotopic (exact) mass is 278 g/mol. The van der Waals surface area contributed by atoms with Gasteiger partial charge in [-0.25, -0.2) is 4.79 Å². The summed E-state index contributed by atoms with van der Waals surface area (Å²) in [4.78, 5) is 10.6. The fourth-order valence-electron chi connectivity index (χ4n) is 1.78. The van der Waals surface area contributed by atoms with Gasteiger partial charge in [0.05, 0.1) is 13.7 Å². The van der Waals surface area contributed by atoms with Crippen LogP contribution in [0.5, 0.6) is 11.5 Å². The third kappa shape index (κ3) is 5.78. The van der Waals surface area contributed by atoms with Crippen LogP contribution in [0.1, 0.15) is 38.2 Å². The van der Waals surface area contributed by atoms with Crippen LogP contribution >= 0.6 is 0 Å². The van der Waals surface area contributed by atoms with Crippen LogP contribution in [-0.4, -0.2) is 24.8 Å². The Bertz CT molecular complexity index is 452. The molecule has 0 aliphatic carbocycles. The van der Waals surface area contributed by atoms with Crippen molar-refractivity contribution in [3.63, 3.8) is 0 Å². The van der Waals surface area contributed by atoms with E-state index in [2.05, 4.69) is 6.92 Å². The van der Waals surface area contributed by atoms with Crippen molar-refractivity contribution in [1.82, 2.24) is 0 Å². The highest BCUT2D eigenvalue weighted by atomic mass is 16.5. The third-order valence-electron chi connectivity index (χ3n) is 2.88. The molecule has 0 saturated heterocycles. The number of hydrogen-bond acceptors (Lipinski definition) is 3. The molecule has 0 radical (unpaired) electrons. The van der Waals surface area contributed by atoms with E-state index in [1.165, 1.54) is 18.9 Å². The summed E-state index contributed by atoms with van der Waals surface area (Å²) in [6, 6.07) is 5.35. The molecule has 0 amide bonds. The molecule has 0 bridgehead atoms. The van der Waals surface area contributed by atoms with Gasteiger partial charge in [0.15, 0.2) is 0 Å². The Morgan fingerprint density at radius 1 is 1.30 bits per heavy atom. The van der Waals surface area contributed by atoms with Crippen molar-refractivity contribution in [2.45, 2.75) is 32.6 Å². The van der Waals surface area contributed by atoms with Crippen LogP contribution in [0, 0.1) is 0 Å². The van der Waals surface area contributed by atoms with Crippen LogP contribution < -0.4 is 9.47 Å². The zero-order chi connectivity index (χ0) is 14.8. The molecule has 0 unspecified atom stereocenters. The van der Waals surface area contributed by atoms with E-state index < -0.39 is 5.97 Å². The van der Waals surface area contributed by atoms with Crippen LogP contribution in [0.4, 0.5) is 0 Å². The molecule has 0 heterocycles. The minimum atomic E-state index is -0.977. The van der Waals surface area contributed by atoms with Gasteiger partial charge in [0, 0.05) is 17.7 Å². The lowest BCUT2D eigenvalue weighted by Gasteiger charge is -2.11. The predicted molar refractivity (Wildman–Crippen MR) is 79.3 cm³/mol. The molecule has 4 heteroatoms. The number of carboxylic acids is 1. The predicted octanol–water partition coefficient (Wildman–Crippen LogP) is 3.75. The smallest absolute Gasteiger partial charge is 0.328 e. The van der Waals surface area contributed by atoms with Gasteiger partial charge in [-0.15, -0.1) is 0 Å². The first kappa shape index (κ1) is 16.1. The molecule has 0 aliphatic rings. The van der Waals surface area contributed by atoms with Gasteiger partial charge in [-0.2, -0.15) is 0 Å². The molecule has 1 N–H and O–H groups in total. The van der Waals surface area contributed by atoms with E-state index in [1.807, 2.05) is 0 Å². The quantitative estimate of drug-likeness (QED) is 0.552. The first-order valence-electron chi connectivity index (χ1n) is 6.89. The van der Waals surface area contributed by atoms with Crippen molar-refractivity contribution in [2.24, 2.45) is 0 Å². The molecule has 4 nitrogen and oxygen atoms in total. The van der Waals surface area contributed by atoms with E-state index in [0.717, 1.165) is 24.5 Å². The van der Waals surface area contributed by atoms with E-state index in [4.69, 9.17) is 14.6 Å². The highest BCUT2D eigenvalue weighted by Crippen LogP contribution is 2.26. The molecule has 0 atom stereocenters. The second-order valence-electron chi connectivity index (χ2n) is 4.48. The molecule has 1 aromatic rings. The van der Waals surface area contributed by atoms with Crippen molar-refractivity contribution < 1.29 is 19.4 Å². The fourth-order valence-corrected chi connectivity index (χ4v) is 1.78. The zero-order valence-electron chi connectivity index (χ0n) is 12.1. The molecular formula is C16H22O4. The molecule has 20 heavy (non-hydrogen) atoms. The van der Waals surface area contributed by atoms with Gasteiger partial charge < -0.3 is 14.6 Å². The van der Waals surface area contributed by atoms with Crippen LogP contribution in [0.15, 0.2) is 24.3 Å². The third-order valence-corrected chi connectivity index (χ3v) is 2.88. The number of carbonyl (C=O) groups is 1. The van der Waals surface area contributed by atoms with E-state index >= 15 is 0 Å². The number of benzene rings is 1. The summed E-state index contributed by atoms with van der Waals surface area (Å²) < 4.78 is 10.9. The molecule has 0 aliphatic heterocycles. The van der Waals surface area contributed by atoms with E-state index in [-0.39, 0.29) is 0 Å². The highest BCUT2D eigenvalue weighted by Gasteiger charge is 2.04. The summed E-state index contributed by atoms with van der Waals surface area (Å²) in [6.07, 6.45) is 7.15. The Morgan fingerprint density at radius 2 is 2.10 bits per heavy atom. The van der Waals surface area contributed by atoms with Gasteiger partial charge in [-0.3, -0.25) is 0 Å². The number of ether oxygens (including phenoxy) is 2. The van der Waals surface area contributed by atoms with Gasteiger partial charge in [0.25, 0.3) is 0 Å². The van der Waals surface area contributed by atoms with Crippen LogP contribution in [0.25, 0.3) is 6.08 Å². The lowest BCUT2D eigenvalue weighted by Crippen LogP contribution is -1.99. The van der Waals surface area contributed by atoms with Gasteiger partial charge in [-0.05, 0) is 24.6 Å². The number of hydrogen-bond donors (Lipinski definition) is 1. The van der Waals surface area contributed by atoms with Gasteiger partial charge in [0.2, 0.25) is 0 Å². The Morgan fingerprint density at radius 3 is 2.75 bits per heavy atom. The number of unbranched alkanes of at least 4 members (excludes halogenated alkanes) is 3. The number of rotatable bonds is 9. The number of methoxy groups -OCH3 is 1. The van der Waals surface area contributed by atoms with Gasteiger partial charge in [0.1, 0.15) is 11.5 Å². The molecule has 0 aromatic heterocycles. The Hall–Kier alpha value is -1.97. The summed E-state index contributed by atoms with van der Waals surface area (Å²) >= 11 is 0. The molecule has 0 fully saturated rings. The van der Waals surface area contributed by atoms with Gasteiger partial charge in [-0.1, -0.05) is 26.2 Å². The lowest BCUT2D eigenvalue weighted by atomic mass is 10.1. The normalized spacial score (nSPS) is 10.7. The second kappa shape index (κ2) is 9.02. The fraction of sp³-hybridized carbons (Fsp3) is 0.438. The molecular weight excluding hydrogens is 256 g/mol. The second-order valence-corrected chi connectivity index (χ2v) is 4.48. The highest BCUT2D eigenvalue weighted by molar-refractivity contribution is 5.86. The Labute approximate surface area is 120 Å². The summed E-state index contributed by atoms with van der Waals surface area (Å²) in [6.45, 7) is 2.79. The van der Waals surface area contributed by atoms with Crippen molar-refractivity contribution in [1.29, 1.82) is 0 Å². The summed E-state index contributed by atoms with van der Waals surface area (Å²) in [5.74, 6) is 0.370. The van der Waals surface area contributed by atoms with Crippen LogP contribution in [0.3, 0.4) is 0 Å². The summed E-state index contributed by atoms with van der Waals surface area (Å²) in [5.41, 5.74) is 0.740. The maximum absolute atomic E-state index is 10.6. The van der Waals surface area contributed by atoms with Crippen molar-refractivity contribution in [2.75, 3.05) is 13.7 Å². The van der Waals surface area contributed by atoms with Gasteiger partial charge >= 0.3 is 5.97 Å². The van der Waals surface area contributed by atoms with Crippen LogP contribution in [-0.2, 0) is 4.79 Å². The van der Waals surface area contributed by atoms with Crippen molar-refractivity contribution in [3.8, 4) is 11.5 Å². The molecule has 0 spiro atoms. The first-order valence-corrected chi connectivity index (χ1v) is 6.89. The van der Waals surface area contributed by atoms with E-state index in [1.54, 1.807) is 25.3 Å². The average Bonchev–Trinajstić information content (AvgIpc) is 2.45. The largest absolute Gasteiger partial charge is 0.497 e. The van der Waals surface area contributed by atoms with E-state index in [0.29, 0.717) is 18.1 Å².